The molecule has 1 aliphatic carbocycles. The minimum Gasteiger partial charge on any atom is -0.381 e. The van der Waals surface area contributed by atoms with Gasteiger partial charge in [-0.15, -0.1) is 24.0 Å². The Balaban J connectivity index is 0.00000312. The van der Waals surface area contributed by atoms with Gasteiger partial charge in [0, 0.05) is 51.3 Å². The first-order chi connectivity index (χ1) is 11.8. The Labute approximate surface area is 174 Å². The monoisotopic (exact) mass is 485 g/mol. The van der Waals surface area contributed by atoms with E-state index in [1.807, 2.05) is 7.05 Å². The summed E-state index contributed by atoms with van der Waals surface area (Å²) in [5.74, 6) is 2.85. The molecule has 2 aliphatic rings. The number of nitrogens with zero attached hydrogens (tertiary/aromatic N) is 1. The van der Waals surface area contributed by atoms with Gasteiger partial charge >= 0.3 is 0 Å². The van der Waals surface area contributed by atoms with E-state index < -0.39 is 0 Å². The summed E-state index contributed by atoms with van der Waals surface area (Å²) in [6.07, 6.45) is 7.15. The molecule has 25 heavy (non-hydrogen) atoms. The zero-order chi connectivity index (χ0) is 17.0. The van der Waals surface area contributed by atoms with Crippen LogP contribution in [0.1, 0.15) is 45.4 Å². The van der Waals surface area contributed by atoms with E-state index in [1.165, 1.54) is 25.0 Å². The van der Waals surface area contributed by atoms with Gasteiger partial charge in [0.1, 0.15) is 0 Å². The number of thioether (sulfide) groups is 1. The quantitative estimate of drug-likeness (QED) is 0.227. The van der Waals surface area contributed by atoms with E-state index in [0.717, 1.165) is 63.4 Å². The lowest BCUT2D eigenvalue weighted by atomic mass is 10.0. The van der Waals surface area contributed by atoms with E-state index in [9.17, 15) is 0 Å². The van der Waals surface area contributed by atoms with Crippen LogP contribution in [0, 0.1) is 5.92 Å². The molecule has 0 spiro atoms. The van der Waals surface area contributed by atoms with Crippen LogP contribution in [0.15, 0.2) is 4.99 Å². The molecule has 0 aromatic carbocycles. The lowest BCUT2D eigenvalue weighted by molar-refractivity contribution is 0.0203. The van der Waals surface area contributed by atoms with E-state index in [4.69, 9.17) is 9.47 Å². The number of hydrogen-bond acceptors (Lipinski definition) is 4. The zero-order valence-electron chi connectivity index (χ0n) is 15.8. The first-order valence-corrected chi connectivity index (χ1v) is 10.6. The second-order valence-corrected chi connectivity index (χ2v) is 8.29. The molecule has 0 amide bonds. The number of guanidine groups is 1. The van der Waals surface area contributed by atoms with Crippen molar-refractivity contribution in [3.63, 3.8) is 0 Å². The highest BCUT2D eigenvalue weighted by Gasteiger charge is 2.24. The van der Waals surface area contributed by atoms with Crippen LogP contribution >= 0.6 is 35.7 Å². The SMILES string of the molecule is CCSC1CCC(NC(=NC)NCCCOCC2CCOCC2)C1.I. The summed E-state index contributed by atoms with van der Waals surface area (Å²) in [4.78, 5) is 4.35. The predicted molar refractivity (Wildman–Crippen MR) is 118 cm³/mol. The van der Waals surface area contributed by atoms with Gasteiger partial charge in [0.25, 0.3) is 0 Å². The number of nitrogens with one attached hydrogen (secondary N) is 2. The van der Waals surface area contributed by atoms with Crippen molar-refractivity contribution in [2.45, 2.75) is 56.7 Å². The number of hydrogen-bond donors (Lipinski definition) is 2. The largest absolute Gasteiger partial charge is 0.381 e. The van der Waals surface area contributed by atoms with Crippen molar-refractivity contribution in [3.8, 4) is 0 Å². The van der Waals surface area contributed by atoms with E-state index in [1.54, 1.807) is 0 Å². The molecule has 0 radical (unpaired) electrons. The van der Waals surface area contributed by atoms with E-state index in [2.05, 4.69) is 34.3 Å². The standard InChI is InChI=1S/C18H35N3O2S.HI/c1-3-24-17-6-5-16(13-17)21-18(19-2)20-9-4-10-23-14-15-7-11-22-12-8-15;/h15-17H,3-14H2,1-2H3,(H2,19,20,21);1H. The number of aliphatic imine (C=N–C) groups is 1. The van der Waals surface area contributed by atoms with Crippen molar-refractivity contribution >= 4 is 41.7 Å². The average Bonchev–Trinajstić information content (AvgIpc) is 3.05. The van der Waals surface area contributed by atoms with E-state index >= 15 is 0 Å². The zero-order valence-corrected chi connectivity index (χ0v) is 18.9. The highest BCUT2D eigenvalue weighted by atomic mass is 127. The normalized spacial score (nSPS) is 24.8. The summed E-state index contributed by atoms with van der Waals surface area (Å²) in [6, 6.07) is 0.574. The number of halogens is 1. The Morgan fingerprint density at radius 3 is 2.76 bits per heavy atom. The lowest BCUT2D eigenvalue weighted by Gasteiger charge is -2.21. The van der Waals surface area contributed by atoms with Gasteiger partial charge in [-0.1, -0.05) is 6.92 Å². The van der Waals surface area contributed by atoms with Crippen LogP contribution in [-0.2, 0) is 9.47 Å². The van der Waals surface area contributed by atoms with Gasteiger partial charge in [-0.05, 0) is 50.2 Å². The Morgan fingerprint density at radius 1 is 1.24 bits per heavy atom. The molecule has 2 unspecified atom stereocenters. The van der Waals surface area contributed by atoms with E-state index in [0.29, 0.717) is 12.0 Å². The molecule has 1 saturated heterocycles. The summed E-state index contributed by atoms with van der Waals surface area (Å²) in [6.45, 7) is 6.66. The molecule has 148 valence electrons. The van der Waals surface area contributed by atoms with Crippen molar-refractivity contribution in [3.05, 3.63) is 0 Å². The van der Waals surface area contributed by atoms with Crippen LogP contribution in [0.25, 0.3) is 0 Å². The minimum atomic E-state index is 0. The molecule has 0 bridgehead atoms. The summed E-state index contributed by atoms with van der Waals surface area (Å²) < 4.78 is 11.2. The summed E-state index contributed by atoms with van der Waals surface area (Å²) in [5.41, 5.74) is 0. The van der Waals surface area contributed by atoms with Crippen molar-refractivity contribution in [2.24, 2.45) is 10.9 Å². The van der Waals surface area contributed by atoms with Gasteiger partial charge in [0.15, 0.2) is 5.96 Å². The molecular formula is C18H36IN3O2S. The molecule has 1 aliphatic heterocycles. The second kappa shape index (κ2) is 14.3. The molecule has 1 saturated carbocycles. The first-order valence-electron chi connectivity index (χ1n) is 9.56. The topological polar surface area (TPSA) is 54.9 Å². The van der Waals surface area contributed by atoms with Crippen LogP contribution in [0.4, 0.5) is 0 Å². The fourth-order valence-electron chi connectivity index (χ4n) is 3.39. The second-order valence-electron chi connectivity index (χ2n) is 6.71. The predicted octanol–water partition coefficient (Wildman–Crippen LogP) is 3.28. The van der Waals surface area contributed by atoms with Crippen molar-refractivity contribution in [2.75, 3.05) is 45.8 Å². The molecule has 2 atom stereocenters. The van der Waals surface area contributed by atoms with Gasteiger partial charge in [-0.25, -0.2) is 0 Å². The molecule has 2 N–H and O–H groups in total. The van der Waals surface area contributed by atoms with Crippen LogP contribution in [0.2, 0.25) is 0 Å². The third-order valence-electron chi connectivity index (χ3n) is 4.80. The Morgan fingerprint density at radius 2 is 2.04 bits per heavy atom. The van der Waals surface area contributed by atoms with Gasteiger partial charge < -0.3 is 20.1 Å². The molecule has 2 fully saturated rings. The fourth-order valence-corrected chi connectivity index (χ4v) is 4.53. The first kappa shape index (κ1) is 23.3. The van der Waals surface area contributed by atoms with E-state index in [-0.39, 0.29) is 24.0 Å². The Bertz CT molecular complexity index is 368. The molecule has 5 nitrogen and oxygen atoms in total. The highest BCUT2D eigenvalue weighted by molar-refractivity contribution is 14.0. The Kier molecular flexibility index (Phi) is 13.4. The van der Waals surface area contributed by atoms with Gasteiger partial charge in [-0.3, -0.25) is 4.99 Å². The Hall–Kier alpha value is 0.270. The average molecular weight is 485 g/mol. The maximum Gasteiger partial charge on any atom is 0.191 e. The molecule has 0 aromatic heterocycles. The van der Waals surface area contributed by atoms with Crippen LogP contribution in [0.3, 0.4) is 0 Å². The summed E-state index contributed by atoms with van der Waals surface area (Å²) in [5, 5.41) is 7.80. The maximum atomic E-state index is 5.80. The van der Waals surface area contributed by atoms with Crippen molar-refractivity contribution in [1.29, 1.82) is 0 Å². The molecule has 0 aromatic rings. The smallest absolute Gasteiger partial charge is 0.191 e. The highest BCUT2D eigenvalue weighted by Crippen LogP contribution is 2.29. The third-order valence-corrected chi connectivity index (χ3v) is 6.04. The molecular weight excluding hydrogens is 449 g/mol. The molecule has 1 heterocycles. The lowest BCUT2D eigenvalue weighted by Crippen LogP contribution is -2.43. The molecule has 7 heteroatoms. The van der Waals surface area contributed by atoms with Gasteiger partial charge in [0.2, 0.25) is 0 Å². The van der Waals surface area contributed by atoms with Crippen molar-refractivity contribution < 1.29 is 9.47 Å². The van der Waals surface area contributed by atoms with Gasteiger partial charge in [0.05, 0.1) is 0 Å². The van der Waals surface area contributed by atoms with Gasteiger partial charge in [-0.2, -0.15) is 11.8 Å². The summed E-state index contributed by atoms with van der Waals surface area (Å²) in [7, 11) is 1.85. The molecule has 2 rings (SSSR count). The minimum absolute atomic E-state index is 0. The maximum absolute atomic E-state index is 5.80. The third kappa shape index (κ3) is 9.68. The van der Waals surface area contributed by atoms with Crippen LogP contribution < -0.4 is 10.6 Å². The number of rotatable bonds is 9. The fraction of sp³-hybridized carbons (Fsp3) is 0.944. The number of ether oxygens (including phenoxy) is 2. The van der Waals surface area contributed by atoms with Crippen LogP contribution in [-0.4, -0.2) is 63.0 Å². The summed E-state index contributed by atoms with van der Waals surface area (Å²) >= 11 is 2.09. The van der Waals surface area contributed by atoms with Crippen LogP contribution in [0.5, 0.6) is 0 Å². The van der Waals surface area contributed by atoms with Crippen molar-refractivity contribution in [1.82, 2.24) is 10.6 Å².